The van der Waals surface area contributed by atoms with Crippen LogP contribution in [0, 0.1) is 13.8 Å². The van der Waals surface area contributed by atoms with E-state index in [4.69, 9.17) is 4.52 Å². The predicted octanol–water partition coefficient (Wildman–Crippen LogP) is 2.77. The van der Waals surface area contributed by atoms with Crippen molar-refractivity contribution in [3.8, 4) is 5.69 Å². The molecule has 108 valence electrons. The Kier molecular flexibility index (Phi) is 3.83. The van der Waals surface area contributed by atoms with Crippen molar-refractivity contribution in [3.63, 3.8) is 0 Å². The van der Waals surface area contributed by atoms with Crippen LogP contribution in [0.4, 0.5) is 0 Å². The average molecular weight is 282 g/mol. The van der Waals surface area contributed by atoms with Crippen LogP contribution in [0.15, 0.2) is 47.1 Å². The first-order valence-electron chi connectivity index (χ1n) is 6.95. The van der Waals surface area contributed by atoms with Crippen molar-refractivity contribution >= 4 is 0 Å². The molecule has 0 atom stereocenters. The van der Waals surface area contributed by atoms with Gasteiger partial charge in [0.2, 0.25) is 0 Å². The number of nitrogens with zero attached hydrogens (tertiary/aromatic N) is 3. The molecular weight excluding hydrogens is 264 g/mol. The van der Waals surface area contributed by atoms with Crippen molar-refractivity contribution in [1.29, 1.82) is 0 Å². The molecule has 0 saturated heterocycles. The highest BCUT2D eigenvalue weighted by molar-refractivity contribution is 5.35. The number of benzene rings is 1. The molecule has 2 aromatic heterocycles. The van der Waals surface area contributed by atoms with E-state index in [2.05, 4.69) is 32.2 Å². The van der Waals surface area contributed by atoms with Gasteiger partial charge < -0.3 is 9.84 Å². The van der Waals surface area contributed by atoms with E-state index < -0.39 is 0 Å². The summed E-state index contributed by atoms with van der Waals surface area (Å²) >= 11 is 0. The second kappa shape index (κ2) is 5.93. The Morgan fingerprint density at radius 1 is 1.14 bits per heavy atom. The molecule has 0 aliphatic heterocycles. The summed E-state index contributed by atoms with van der Waals surface area (Å²) in [6.45, 7) is 5.31. The number of para-hydroxylation sites is 1. The first-order chi connectivity index (χ1) is 10.2. The number of aryl methyl sites for hydroxylation is 2. The Morgan fingerprint density at radius 2 is 1.95 bits per heavy atom. The van der Waals surface area contributed by atoms with Crippen molar-refractivity contribution in [1.82, 2.24) is 20.0 Å². The van der Waals surface area contributed by atoms with Gasteiger partial charge in [-0.2, -0.15) is 0 Å². The van der Waals surface area contributed by atoms with E-state index in [0.717, 1.165) is 35.2 Å². The summed E-state index contributed by atoms with van der Waals surface area (Å²) in [4.78, 5) is 4.41. The second-order valence-corrected chi connectivity index (χ2v) is 5.00. The van der Waals surface area contributed by atoms with Gasteiger partial charge >= 0.3 is 0 Å². The zero-order chi connectivity index (χ0) is 14.7. The maximum Gasteiger partial charge on any atom is 0.133 e. The van der Waals surface area contributed by atoms with Crippen LogP contribution in [0.2, 0.25) is 0 Å². The summed E-state index contributed by atoms with van der Waals surface area (Å²) in [7, 11) is 0. The minimum absolute atomic E-state index is 0.677. The zero-order valence-electron chi connectivity index (χ0n) is 12.2. The number of hydrogen-bond donors (Lipinski definition) is 1. The Balaban J connectivity index is 1.72. The number of imidazole rings is 1. The molecule has 5 nitrogen and oxygen atoms in total. The molecule has 0 amide bonds. The number of hydrogen-bond acceptors (Lipinski definition) is 4. The van der Waals surface area contributed by atoms with Crippen LogP contribution >= 0.6 is 0 Å². The Bertz CT molecular complexity index is 715. The highest BCUT2D eigenvalue weighted by atomic mass is 16.5. The fourth-order valence-corrected chi connectivity index (χ4v) is 2.37. The lowest BCUT2D eigenvalue weighted by molar-refractivity contribution is 0.388. The SMILES string of the molecule is Cc1cc(CNCc2cnc(C)n2-c2ccccc2)no1. The topological polar surface area (TPSA) is 55.9 Å². The molecule has 0 spiro atoms. The number of nitrogens with one attached hydrogen (secondary N) is 1. The van der Waals surface area contributed by atoms with Gasteiger partial charge in [0, 0.05) is 24.8 Å². The van der Waals surface area contributed by atoms with Gasteiger partial charge in [0.25, 0.3) is 0 Å². The van der Waals surface area contributed by atoms with E-state index in [9.17, 15) is 0 Å². The van der Waals surface area contributed by atoms with Gasteiger partial charge in [0.15, 0.2) is 0 Å². The van der Waals surface area contributed by atoms with Crippen molar-refractivity contribution in [2.45, 2.75) is 26.9 Å². The van der Waals surface area contributed by atoms with Crippen LogP contribution in [0.5, 0.6) is 0 Å². The number of rotatable bonds is 5. The lowest BCUT2D eigenvalue weighted by atomic mass is 10.3. The molecule has 0 radical (unpaired) electrons. The molecule has 1 N–H and O–H groups in total. The lowest BCUT2D eigenvalue weighted by Gasteiger charge is -2.10. The van der Waals surface area contributed by atoms with E-state index in [-0.39, 0.29) is 0 Å². The van der Waals surface area contributed by atoms with Crippen LogP contribution in [-0.2, 0) is 13.1 Å². The van der Waals surface area contributed by atoms with Crippen molar-refractivity contribution in [2.24, 2.45) is 0 Å². The molecule has 3 aromatic rings. The molecule has 5 heteroatoms. The molecule has 0 aliphatic carbocycles. The van der Waals surface area contributed by atoms with Crippen LogP contribution in [0.1, 0.15) is 23.0 Å². The van der Waals surface area contributed by atoms with E-state index in [1.54, 1.807) is 0 Å². The molecule has 21 heavy (non-hydrogen) atoms. The largest absolute Gasteiger partial charge is 0.361 e. The first kappa shape index (κ1) is 13.6. The van der Waals surface area contributed by atoms with E-state index >= 15 is 0 Å². The molecule has 3 rings (SSSR count). The van der Waals surface area contributed by atoms with Gasteiger partial charge in [-0.3, -0.25) is 4.57 Å². The maximum atomic E-state index is 5.06. The van der Waals surface area contributed by atoms with Gasteiger partial charge in [-0.25, -0.2) is 4.98 Å². The second-order valence-electron chi connectivity index (χ2n) is 5.00. The Labute approximate surface area is 123 Å². The summed E-state index contributed by atoms with van der Waals surface area (Å²) in [5, 5.41) is 7.34. The molecule has 2 heterocycles. The van der Waals surface area contributed by atoms with Gasteiger partial charge in [0.05, 0.1) is 17.6 Å². The number of aromatic nitrogens is 3. The standard InChI is InChI=1S/C16H18N4O/c1-12-8-14(19-21-12)9-17-10-16-11-18-13(2)20(16)15-6-4-3-5-7-15/h3-8,11,17H,9-10H2,1-2H3. The molecule has 0 bridgehead atoms. The molecule has 0 saturated carbocycles. The Hall–Kier alpha value is -2.40. The van der Waals surface area contributed by atoms with Gasteiger partial charge in [0.1, 0.15) is 11.6 Å². The maximum absolute atomic E-state index is 5.06. The van der Waals surface area contributed by atoms with Crippen molar-refractivity contribution in [3.05, 3.63) is 65.6 Å². The fraction of sp³-hybridized carbons (Fsp3) is 0.250. The summed E-state index contributed by atoms with van der Waals surface area (Å²) in [6, 6.07) is 12.2. The minimum Gasteiger partial charge on any atom is -0.361 e. The minimum atomic E-state index is 0.677. The third kappa shape index (κ3) is 3.03. The quantitative estimate of drug-likeness (QED) is 0.782. The van der Waals surface area contributed by atoms with Crippen LogP contribution in [0.3, 0.4) is 0 Å². The highest BCUT2D eigenvalue weighted by Crippen LogP contribution is 2.14. The molecular formula is C16H18N4O. The van der Waals surface area contributed by atoms with Crippen molar-refractivity contribution in [2.75, 3.05) is 0 Å². The zero-order valence-corrected chi connectivity index (χ0v) is 12.2. The predicted molar refractivity (Wildman–Crippen MR) is 80.1 cm³/mol. The van der Waals surface area contributed by atoms with E-state index in [0.29, 0.717) is 6.54 Å². The van der Waals surface area contributed by atoms with Crippen LogP contribution in [0.25, 0.3) is 5.69 Å². The lowest BCUT2D eigenvalue weighted by Crippen LogP contribution is -2.16. The molecule has 1 aromatic carbocycles. The third-order valence-corrected chi connectivity index (χ3v) is 3.31. The van der Waals surface area contributed by atoms with Gasteiger partial charge in [-0.15, -0.1) is 0 Å². The van der Waals surface area contributed by atoms with E-state index in [1.165, 1.54) is 0 Å². The van der Waals surface area contributed by atoms with Gasteiger partial charge in [-0.05, 0) is 26.0 Å². The monoisotopic (exact) mass is 282 g/mol. The molecule has 0 fully saturated rings. The van der Waals surface area contributed by atoms with Crippen molar-refractivity contribution < 1.29 is 4.52 Å². The smallest absolute Gasteiger partial charge is 0.133 e. The average Bonchev–Trinajstić information content (AvgIpc) is 3.06. The van der Waals surface area contributed by atoms with Crippen LogP contribution in [-0.4, -0.2) is 14.7 Å². The highest BCUT2D eigenvalue weighted by Gasteiger charge is 2.08. The molecule has 0 unspecified atom stereocenters. The van der Waals surface area contributed by atoms with Crippen LogP contribution < -0.4 is 5.32 Å². The normalized spacial score (nSPS) is 11.0. The summed E-state index contributed by atoms with van der Waals surface area (Å²) in [5.74, 6) is 1.81. The Morgan fingerprint density at radius 3 is 2.67 bits per heavy atom. The van der Waals surface area contributed by atoms with E-state index in [1.807, 2.05) is 44.3 Å². The fourth-order valence-electron chi connectivity index (χ4n) is 2.37. The summed E-state index contributed by atoms with van der Waals surface area (Å²) in [6.07, 6.45) is 1.91. The summed E-state index contributed by atoms with van der Waals surface area (Å²) in [5.41, 5.74) is 3.16. The van der Waals surface area contributed by atoms with Gasteiger partial charge in [-0.1, -0.05) is 23.4 Å². The molecule has 0 aliphatic rings. The summed E-state index contributed by atoms with van der Waals surface area (Å²) < 4.78 is 7.21. The first-order valence-corrected chi connectivity index (χ1v) is 6.95. The third-order valence-electron chi connectivity index (χ3n) is 3.31.